The summed E-state index contributed by atoms with van der Waals surface area (Å²) >= 11 is 0. The number of nitrogens with two attached hydrogens (primary N) is 1. The highest BCUT2D eigenvalue weighted by atomic mass is 16.5. The predicted molar refractivity (Wildman–Crippen MR) is 132 cm³/mol. The molecule has 0 aliphatic heterocycles. The van der Waals surface area contributed by atoms with Crippen LogP contribution in [0.2, 0.25) is 0 Å². The first kappa shape index (κ1) is 26.3. The topological polar surface area (TPSA) is 114 Å². The number of nitrogen functional groups attached to an aromatic ring is 1. The number of H-pyrrole nitrogens is 1. The van der Waals surface area contributed by atoms with Crippen LogP contribution in [-0.2, 0) is 17.8 Å². The largest absolute Gasteiger partial charge is 0.385 e. The molecule has 0 unspecified atom stereocenters. The van der Waals surface area contributed by atoms with Gasteiger partial charge in [0.25, 0.3) is 11.5 Å². The lowest BCUT2D eigenvalue weighted by molar-refractivity contribution is 0.0983. The number of rotatable bonds is 12. The molecular weight excluding hydrogens is 422 g/mol. The van der Waals surface area contributed by atoms with Gasteiger partial charge in [-0.3, -0.25) is 24.0 Å². The van der Waals surface area contributed by atoms with Gasteiger partial charge in [-0.2, -0.15) is 0 Å². The number of nitrogens with zero attached hydrogens (tertiary/aromatic N) is 3. The third kappa shape index (κ3) is 6.79. The van der Waals surface area contributed by atoms with Crippen molar-refractivity contribution in [2.75, 3.05) is 44.0 Å². The summed E-state index contributed by atoms with van der Waals surface area (Å²) in [5, 5.41) is 0. The number of aromatic amines is 1. The second-order valence-corrected chi connectivity index (χ2v) is 8.46. The van der Waals surface area contributed by atoms with Crippen LogP contribution in [0.4, 0.5) is 11.5 Å². The van der Waals surface area contributed by atoms with E-state index in [1.807, 2.05) is 26.0 Å². The third-order valence-corrected chi connectivity index (χ3v) is 5.51. The van der Waals surface area contributed by atoms with E-state index in [0.717, 1.165) is 25.2 Å². The van der Waals surface area contributed by atoms with Crippen molar-refractivity contribution in [3.63, 3.8) is 0 Å². The number of amides is 1. The molecule has 0 saturated carbocycles. The summed E-state index contributed by atoms with van der Waals surface area (Å²) in [6.07, 6.45) is 0.504. The quantitative estimate of drug-likeness (QED) is 0.471. The van der Waals surface area contributed by atoms with Crippen molar-refractivity contribution >= 4 is 17.4 Å². The van der Waals surface area contributed by atoms with Gasteiger partial charge in [0.05, 0.1) is 0 Å². The summed E-state index contributed by atoms with van der Waals surface area (Å²) in [5.41, 5.74) is 6.54. The Morgan fingerprint density at radius 3 is 2.33 bits per heavy atom. The number of carbonyl (C=O) groups is 1. The number of hydrogen-bond acceptors (Lipinski definition) is 6. The maximum absolute atomic E-state index is 13.5. The summed E-state index contributed by atoms with van der Waals surface area (Å²) in [7, 11) is 1.57. The van der Waals surface area contributed by atoms with Gasteiger partial charge in [-0.05, 0) is 43.1 Å². The molecule has 0 radical (unpaired) electrons. The number of methoxy groups -OCH3 is 1. The summed E-state index contributed by atoms with van der Waals surface area (Å²) < 4.78 is 6.44. The molecule has 3 N–H and O–H groups in total. The SMILES string of the molecule is CCN(CC)Cc1ccc(C(=O)N(CCCOC)c2c(N)n(CC(C)C)c(=O)[nH]c2=O)cc1. The first-order valence-electron chi connectivity index (χ1n) is 11.5. The average Bonchev–Trinajstić information content (AvgIpc) is 2.79. The van der Waals surface area contributed by atoms with Gasteiger partial charge in [-0.25, -0.2) is 4.79 Å². The number of hydrogen-bond donors (Lipinski definition) is 2. The number of aromatic nitrogens is 2. The number of anilines is 2. The first-order valence-corrected chi connectivity index (χ1v) is 11.5. The number of ether oxygens (including phenoxy) is 1. The van der Waals surface area contributed by atoms with E-state index < -0.39 is 11.2 Å². The zero-order chi connectivity index (χ0) is 24.5. The van der Waals surface area contributed by atoms with Crippen molar-refractivity contribution in [3.8, 4) is 0 Å². The standard InChI is InChI=1S/C24H37N5O4/c1-6-27(7-2)16-18-9-11-19(12-10-18)23(31)28(13-8-14-33-5)20-21(25)29(15-17(3)4)24(32)26-22(20)30/h9-12,17H,6-8,13-16,25H2,1-5H3,(H,26,30,32). The van der Waals surface area contributed by atoms with E-state index in [0.29, 0.717) is 25.1 Å². The molecule has 33 heavy (non-hydrogen) atoms. The van der Waals surface area contributed by atoms with Gasteiger partial charge in [0.1, 0.15) is 5.82 Å². The predicted octanol–water partition coefficient (Wildman–Crippen LogP) is 2.30. The highest BCUT2D eigenvalue weighted by molar-refractivity contribution is 6.07. The zero-order valence-corrected chi connectivity index (χ0v) is 20.4. The lowest BCUT2D eigenvalue weighted by atomic mass is 10.1. The van der Waals surface area contributed by atoms with E-state index in [1.165, 1.54) is 9.47 Å². The van der Waals surface area contributed by atoms with Crippen LogP contribution in [0.5, 0.6) is 0 Å². The van der Waals surface area contributed by atoms with Gasteiger partial charge in [0.2, 0.25) is 0 Å². The summed E-state index contributed by atoms with van der Waals surface area (Å²) in [5.74, 6) is -0.242. The Labute approximate surface area is 195 Å². The molecule has 1 aromatic heterocycles. The Bertz CT molecular complexity index is 1020. The minimum atomic E-state index is -0.679. The van der Waals surface area contributed by atoms with Crippen LogP contribution in [-0.4, -0.2) is 53.7 Å². The van der Waals surface area contributed by atoms with Gasteiger partial charge in [-0.15, -0.1) is 0 Å². The van der Waals surface area contributed by atoms with Gasteiger partial charge < -0.3 is 15.4 Å². The molecule has 0 aliphatic carbocycles. The molecule has 1 heterocycles. The van der Waals surface area contributed by atoms with Gasteiger partial charge >= 0.3 is 5.69 Å². The Morgan fingerprint density at radius 1 is 1.15 bits per heavy atom. The van der Waals surface area contributed by atoms with Gasteiger partial charge in [0, 0.05) is 38.9 Å². The molecule has 9 heteroatoms. The van der Waals surface area contributed by atoms with E-state index in [-0.39, 0.29) is 29.9 Å². The molecule has 0 atom stereocenters. The minimum absolute atomic E-state index is 0.0106. The molecule has 1 amide bonds. The summed E-state index contributed by atoms with van der Waals surface area (Å²) in [6.45, 7) is 11.8. The Kier molecular flexibility index (Phi) is 9.87. The fraction of sp³-hybridized carbons (Fsp3) is 0.542. The molecule has 0 spiro atoms. The molecule has 1 aromatic carbocycles. The monoisotopic (exact) mass is 459 g/mol. The average molecular weight is 460 g/mol. The van der Waals surface area contributed by atoms with E-state index in [4.69, 9.17) is 10.5 Å². The first-order chi connectivity index (χ1) is 15.7. The van der Waals surface area contributed by atoms with Crippen molar-refractivity contribution < 1.29 is 9.53 Å². The lowest BCUT2D eigenvalue weighted by Gasteiger charge is -2.25. The normalized spacial score (nSPS) is 11.4. The van der Waals surface area contributed by atoms with Crippen molar-refractivity contribution in [2.45, 2.75) is 47.2 Å². The number of carbonyl (C=O) groups excluding carboxylic acids is 1. The van der Waals surface area contributed by atoms with E-state index in [1.54, 1.807) is 19.2 Å². The van der Waals surface area contributed by atoms with Crippen LogP contribution in [0.1, 0.15) is 50.0 Å². The van der Waals surface area contributed by atoms with Crippen LogP contribution in [0.25, 0.3) is 0 Å². The van der Waals surface area contributed by atoms with Crippen molar-refractivity contribution in [1.82, 2.24) is 14.5 Å². The lowest BCUT2D eigenvalue weighted by Crippen LogP contribution is -2.42. The van der Waals surface area contributed by atoms with Gasteiger partial charge in [0.15, 0.2) is 5.69 Å². The molecular formula is C24H37N5O4. The van der Waals surface area contributed by atoms with Crippen LogP contribution in [0, 0.1) is 5.92 Å². The molecule has 0 aliphatic rings. The fourth-order valence-electron chi connectivity index (χ4n) is 3.68. The van der Waals surface area contributed by atoms with Crippen molar-refractivity contribution in [2.24, 2.45) is 5.92 Å². The minimum Gasteiger partial charge on any atom is -0.385 e. The van der Waals surface area contributed by atoms with Crippen LogP contribution in [0.3, 0.4) is 0 Å². The summed E-state index contributed by atoms with van der Waals surface area (Å²) in [4.78, 5) is 44.6. The number of benzene rings is 1. The zero-order valence-electron chi connectivity index (χ0n) is 20.4. The Morgan fingerprint density at radius 2 is 1.79 bits per heavy atom. The van der Waals surface area contributed by atoms with E-state index in [2.05, 4.69) is 23.7 Å². The van der Waals surface area contributed by atoms with E-state index in [9.17, 15) is 14.4 Å². The smallest absolute Gasteiger partial charge is 0.330 e. The van der Waals surface area contributed by atoms with Crippen LogP contribution < -0.4 is 21.9 Å². The molecule has 9 nitrogen and oxygen atoms in total. The maximum Gasteiger partial charge on any atom is 0.330 e. The molecule has 0 fully saturated rings. The van der Waals surface area contributed by atoms with Crippen molar-refractivity contribution in [3.05, 3.63) is 56.2 Å². The van der Waals surface area contributed by atoms with E-state index >= 15 is 0 Å². The Balaban J connectivity index is 2.45. The maximum atomic E-state index is 13.5. The summed E-state index contributed by atoms with van der Waals surface area (Å²) in [6, 6.07) is 7.37. The van der Waals surface area contributed by atoms with Crippen molar-refractivity contribution in [1.29, 1.82) is 0 Å². The van der Waals surface area contributed by atoms with Gasteiger partial charge in [-0.1, -0.05) is 39.8 Å². The second kappa shape index (κ2) is 12.4. The third-order valence-electron chi connectivity index (χ3n) is 5.51. The number of nitrogens with one attached hydrogen (secondary N) is 1. The van der Waals surface area contributed by atoms with Crippen LogP contribution >= 0.6 is 0 Å². The molecule has 182 valence electrons. The molecule has 2 aromatic rings. The second-order valence-electron chi connectivity index (χ2n) is 8.46. The Hall–Kier alpha value is -2.91. The fourth-order valence-corrected chi connectivity index (χ4v) is 3.68. The molecule has 0 bridgehead atoms. The highest BCUT2D eigenvalue weighted by Crippen LogP contribution is 2.21. The van der Waals surface area contributed by atoms with Crippen LogP contribution in [0.15, 0.2) is 33.9 Å². The molecule has 2 rings (SSSR count). The molecule has 0 saturated heterocycles. The highest BCUT2D eigenvalue weighted by Gasteiger charge is 2.25.